The van der Waals surface area contributed by atoms with Crippen LogP contribution in [0, 0.1) is 5.41 Å². The molecular weight excluding hydrogens is 328 g/mol. The van der Waals surface area contributed by atoms with Gasteiger partial charge in [0, 0.05) is 12.8 Å². The van der Waals surface area contributed by atoms with E-state index in [1.165, 1.54) is 7.11 Å². The zero-order valence-corrected chi connectivity index (χ0v) is 15.2. The van der Waals surface area contributed by atoms with Crippen LogP contribution < -0.4 is 0 Å². The molecule has 1 heterocycles. The quantitative estimate of drug-likeness (QED) is 0.759. The Labute approximate surface area is 154 Å². The van der Waals surface area contributed by atoms with Crippen LogP contribution >= 0.6 is 0 Å². The highest BCUT2D eigenvalue weighted by Crippen LogP contribution is 2.57. The lowest BCUT2D eigenvalue weighted by molar-refractivity contribution is -0.181. The van der Waals surface area contributed by atoms with Gasteiger partial charge in [0.25, 0.3) is 0 Å². The van der Waals surface area contributed by atoms with Crippen LogP contribution in [0.25, 0.3) is 0 Å². The lowest BCUT2D eigenvalue weighted by Gasteiger charge is -2.26. The number of carbonyl (C=O) groups is 1. The SMILES string of the molecule is COC(=O)C1(C)CCC2(C1)OC(c1ccccc1)[C@H](c1ccccc1)O2. The number of esters is 1. The first kappa shape index (κ1) is 17.3. The molecule has 2 aromatic rings. The lowest BCUT2D eigenvalue weighted by Crippen LogP contribution is -2.32. The topological polar surface area (TPSA) is 44.8 Å². The zero-order valence-electron chi connectivity index (χ0n) is 15.2. The number of benzene rings is 2. The molecule has 4 nitrogen and oxygen atoms in total. The van der Waals surface area contributed by atoms with E-state index in [4.69, 9.17) is 14.2 Å². The fourth-order valence-corrected chi connectivity index (χ4v) is 4.24. The molecule has 4 rings (SSSR count). The van der Waals surface area contributed by atoms with Gasteiger partial charge >= 0.3 is 5.97 Å². The second-order valence-electron chi connectivity index (χ2n) is 7.54. The molecule has 136 valence electrons. The Morgan fingerprint density at radius 2 is 1.42 bits per heavy atom. The van der Waals surface area contributed by atoms with Crippen molar-refractivity contribution in [2.75, 3.05) is 7.11 Å². The predicted octanol–water partition coefficient (Wildman–Crippen LogP) is 4.58. The van der Waals surface area contributed by atoms with E-state index in [0.29, 0.717) is 19.3 Å². The number of methoxy groups -OCH3 is 1. The standard InChI is InChI=1S/C22H24O4/c1-21(20(23)24-2)13-14-22(15-21)25-18(16-9-5-3-6-10-16)19(26-22)17-11-7-4-8-12-17/h3-12,18-19H,13-15H2,1-2H3/t18-,19?,21?,22?/m0/s1. The third kappa shape index (κ3) is 2.93. The van der Waals surface area contributed by atoms with Gasteiger partial charge < -0.3 is 14.2 Å². The maximum absolute atomic E-state index is 12.2. The maximum atomic E-state index is 12.2. The average Bonchev–Trinajstić information content (AvgIpc) is 3.23. The molecule has 0 aromatic heterocycles. The largest absolute Gasteiger partial charge is 0.469 e. The van der Waals surface area contributed by atoms with Crippen molar-refractivity contribution in [1.82, 2.24) is 0 Å². The van der Waals surface area contributed by atoms with E-state index in [-0.39, 0.29) is 18.2 Å². The minimum atomic E-state index is -0.746. The summed E-state index contributed by atoms with van der Waals surface area (Å²) in [5.41, 5.74) is 1.61. The molecule has 4 heteroatoms. The van der Waals surface area contributed by atoms with Crippen LogP contribution in [-0.4, -0.2) is 18.9 Å². The molecule has 1 saturated carbocycles. The van der Waals surface area contributed by atoms with Gasteiger partial charge in [-0.15, -0.1) is 0 Å². The molecule has 2 aromatic carbocycles. The summed E-state index contributed by atoms with van der Waals surface area (Å²) in [6.45, 7) is 1.94. The second kappa shape index (κ2) is 6.53. The van der Waals surface area contributed by atoms with Crippen LogP contribution in [0.1, 0.15) is 49.5 Å². The van der Waals surface area contributed by atoms with Crippen molar-refractivity contribution in [2.45, 2.75) is 44.2 Å². The third-order valence-corrected chi connectivity index (χ3v) is 5.61. The average molecular weight is 352 g/mol. The predicted molar refractivity (Wildman–Crippen MR) is 97.2 cm³/mol. The first-order valence-corrected chi connectivity index (χ1v) is 9.09. The summed E-state index contributed by atoms with van der Waals surface area (Å²) in [4.78, 5) is 12.2. The molecule has 1 aliphatic carbocycles. The highest BCUT2D eigenvalue weighted by molar-refractivity contribution is 5.76. The normalized spacial score (nSPS) is 33.5. The number of rotatable bonds is 3. The van der Waals surface area contributed by atoms with E-state index in [0.717, 1.165) is 11.1 Å². The molecular formula is C22H24O4. The zero-order chi connectivity index (χ0) is 18.2. The highest BCUT2D eigenvalue weighted by Gasteiger charge is 2.58. The lowest BCUT2D eigenvalue weighted by atomic mass is 9.88. The molecule has 2 fully saturated rings. The minimum Gasteiger partial charge on any atom is -0.469 e. The smallest absolute Gasteiger partial charge is 0.311 e. The fourth-order valence-electron chi connectivity index (χ4n) is 4.24. The summed E-state index contributed by atoms with van der Waals surface area (Å²) in [7, 11) is 1.44. The van der Waals surface area contributed by atoms with Crippen molar-refractivity contribution in [2.24, 2.45) is 5.41 Å². The van der Waals surface area contributed by atoms with E-state index < -0.39 is 11.2 Å². The number of ether oxygens (including phenoxy) is 3. The molecule has 1 aliphatic heterocycles. The van der Waals surface area contributed by atoms with E-state index in [1.807, 2.05) is 43.3 Å². The molecule has 0 N–H and O–H groups in total. The Morgan fingerprint density at radius 3 is 1.88 bits per heavy atom. The second-order valence-corrected chi connectivity index (χ2v) is 7.54. The fraction of sp³-hybridized carbons (Fsp3) is 0.409. The van der Waals surface area contributed by atoms with Crippen LogP contribution in [0.3, 0.4) is 0 Å². The summed E-state index contributed by atoms with van der Waals surface area (Å²) >= 11 is 0. The molecule has 2 aliphatic rings. The molecule has 0 radical (unpaired) electrons. The Hall–Kier alpha value is -2.17. The monoisotopic (exact) mass is 352 g/mol. The van der Waals surface area contributed by atoms with Gasteiger partial charge in [0.2, 0.25) is 0 Å². The van der Waals surface area contributed by atoms with Gasteiger partial charge in [-0.2, -0.15) is 0 Å². The van der Waals surface area contributed by atoms with Gasteiger partial charge in [-0.05, 0) is 24.5 Å². The van der Waals surface area contributed by atoms with Gasteiger partial charge in [0.1, 0.15) is 12.2 Å². The number of hydrogen-bond acceptors (Lipinski definition) is 4. The van der Waals surface area contributed by atoms with Gasteiger partial charge in [0.05, 0.1) is 12.5 Å². The van der Waals surface area contributed by atoms with Crippen LogP contribution in [0.4, 0.5) is 0 Å². The van der Waals surface area contributed by atoms with Crippen molar-refractivity contribution in [3.8, 4) is 0 Å². The van der Waals surface area contributed by atoms with E-state index in [1.54, 1.807) is 0 Å². The summed E-state index contributed by atoms with van der Waals surface area (Å²) in [6.07, 6.45) is 1.50. The van der Waals surface area contributed by atoms with Crippen LogP contribution in [-0.2, 0) is 19.0 Å². The van der Waals surface area contributed by atoms with Crippen LogP contribution in [0.5, 0.6) is 0 Å². The Balaban J connectivity index is 1.67. The number of carbonyl (C=O) groups excluding carboxylic acids is 1. The van der Waals surface area contributed by atoms with Gasteiger partial charge in [-0.25, -0.2) is 0 Å². The molecule has 1 spiro atoms. The summed E-state index contributed by atoms with van der Waals surface area (Å²) < 4.78 is 18.1. The molecule has 0 bridgehead atoms. The van der Waals surface area contributed by atoms with E-state index >= 15 is 0 Å². The summed E-state index contributed by atoms with van der Waals surface area (Å²) in [6, 6.07) is 20.3. The Bertz CT molecular complexity index is 726. The molecule has 3 unspecified atom stereocenters. The molecule has 26 heavy (non-hydrogen) atoms. The van der Waals surface area contributed by atoms with Gasteiger partial charge in [-0.1, -0.05) is 60.7 Å². The van der Waals surface area contributed by atoms with Gasteiger partial charge in [0.15, 0.2) is 5.79 Å². The number of hydrogen-bond donors (Lipinski definition) is 0. The van der Waals surface area contributed by atoms with Crippen molar-refractivity contribution < 1.29 is 19.0 Å². The van der Waals surface area contributed by atoms with E-state index in [9.17, 15) is 4.79 Å². The molecule has 0 amide bonds. The van der Waals surface area contributed by atoms with E-state index in [2.05, 4.69) is 24.3 Å². The first-order valence-electron chi connectivity index (χ1n) is 9.09. The third-order valence-electron chi connectivity index (χ3n) is 5.61. The Morgan fingerprint density at radius 1 is 0.923 bits per heavy atom. The van der Waals surface area contributed by atoms with Crippen molar-refractivity contribution in [3.05, 3.63) is 71.8 Å². The summed E-state index contributed by atoms with van der Waals surface area (Å²) in [5, 5.41) is 0. The summed E-state index contributed by atoms with van der Waals surface area (Å²) in [5.74, 6) is -0.940. The van der Waals surface area contributed by atoms with Crippen LogP contribution in [0.2, 0.25) is 0 Å². The van der Waals surface area contributed by atoms with Gasteiger partial charge in [-0.3, -0.25) is 4.79 Å². The minimum absolute atomic E-state index is 0.194. The highest BCUT2D eigenvalue weighted by atomic mass is 16.8. The first-order chi connectivity index (χ1) is 12.6. The molecule has 1 saturated heterocycles. The maximum Gasteiger partial charge on any atom is 0.311 e. The van der Waals surface area contributed by atoms with Crippen molar-refractivity contribution >= 4 is 5.97 Å². The molecule has 4 atom stereocenters. The Kier molecular flexibility index (Phi) is 4.33. The van der Waals surface area contributed by atoms with Crippen molar-refractivity contribution in [3.63, 3.8) is 0 Å². The van der Waals surface area contributed by atoms with Crippen molar-refractivity contribution in [1.29, 1.82) is 0 Å². The van der Waals surface area contributed by atoms with Crippen LogP contribution in [0.15, 0.2) is 60.7 Å².